The number of hydrogen-bond donors (Lipinski definition) is 1. The lowest BCUT2D eigenvalue weighted by Gasteiger charge is -1.93. The van der Waals surface area contributed by atoms with Gasteiger partial charge in [-0.15, -0.1) is 0 Å². The first-order chi connectivity index (χ1) is 5.54. The minimum Gasteiger partial charge on any atom is -0.328 e. The van der Waals surface area contributed by atoms with Crippen LogP contribution in [0.4, 0.5) is 0 Å². The van der Waals surface area contributed by atoms with Gasteiger partial charge in [-0.25, -0.2) is 0 Å². The highest BCUT2D eigenvalue weighted by Crippen LogP contribution is 2.02. The van der Waals surface area contributed by atoms with Crippen LogP contribution < -0.4 is 5.73 Å². The maximum absolute atomic E-state index is 5.11. The van der Waals surface area contributed by atoms with Gasteiger partial charge in [0.25, 0.3) is 0 Å². The molecule has 0 saturated carbocycles. The molecule has 1 heteroatoms. The van der Waals surface area contributed by atoms with Crippen LogP contribution in [0, 0.1) is 13.8 Å². The molecule has 0 heterocycles. The normalized spacial score (nSPS) is 9.17. The van der Waals surface area contributed by atoms with Gasteiger partial charge in [0.15, 0.2) is 0 Å². The number of rotatable bonds is 0. The minimum atomic E-state index is 0.333. The zero-order chi connectivity index (χ0) is 9.56. The van der Waals surface area contributed by atoms with Gasteiger partial charge < -0.3 is 5.73 Å². The third kappa shape index (κ3) is 5.93. The van der Waals surface area contributed by atoms with Gasteiger partial charge in [-0.05, 0) is 31.0 Å². The second kappa shape index (κ2) is 5.78. The zero-order valence-corrected chi connectivity index (χ0v) is 8.46. The Labute approximate surface area is 75.6 Å². The molecule has 1 nitrogen and oxygen atoms in total. The lowest BCUT2D eigenvalue weighted by molar-refractivity contribution is 0.834. The molecule has 1 aromatic carbocycles. The summed E-state index contributed by atoms with van der Waals surface area (Å²) in [4.78, 5) is 0. The fourth-order valence-electron chi connectivity index (χ4n) is 0.663. The molecule has 12 heavy (non-hydrogen) atoms. The van der Waals surface area contributed by atoms with Crippen molar-refractivity contribution in [1.29, 1.82) is 0 Å². The Morgan fingerprint density at radius 3 is 1.42 bits per heavy atom. The summed E-state index contributed by atoms with van der Waals surface area (Å²) in [5, 5.41) is 0. The monoisotopic (exact) mass is 165 g/mol. The Bertz CT molecular complexity index is 192. The van der Waals surface area contributed by atoms with Crippen LogP contribution in [0.5, 0.6) is 0 Å². The minimum absolute atomic E-state index is 0.333. The van der Waals surface area contributed by atoms with Gasteiger partial charge in [-0.2, -0.15) is 0 Å². The van der Waals surface area contributed by atoms with Crippen molar-refractivity contribution in [2.24, 2.45) is 5.73 Å². The largest absolute Gasteiger partial charge is 0.328 e. The van der Waals surface area contributed by atoms with Crippen LogP contribution in [0.25, 0.3) is 0 Å². The summed E-state index contributed by atoms with van der Waals surface area (Å²) >= 11 is 0. The van der Waals surface area contributed by atoms with Crippen molar-refractivity contribution in [1.82, 2.24) is 0 Å². The molecule has 0 aliphatic heterocycles. The second-order valence-electron chi connectivity index (χ2n) is 3.33. The SMILES string of the molecule is CC(C)N.Cc1ccccc1C. The second-order valence-corrected chi connectivity index (χ2v) is 3.33. The van der Waals surface area contributed by atoms with E-state index in [9.17, 15) is 0 Å². The van der Waals surface area contributed by atoms with Crippen molar-refractivity contribution < 1.29 is 0 Å². The molecular formula is C11H19N. The van der Waals surface area contributed by atoms with E-state index in [1.54, 1.807) is 0 Å². The standard InChI is InChI=1S/C8H10.C3H9N/c1-7-5-3-4-6-8(7)2;1-3(2)4/h3-6H,1-2H3;3H,4H2,1-2H3. The van der Waals surface area contributed by atoms with Crippen molar-refractivity contribution in [3.05, 3.63) is 35.4 Å². The van der Waals surface area contributed by atoms with Gasteiger partial charge >= 0.3 is 0 Å². The Hall–Kier alpha value is -0.820. The average Bonchev–Trinajstić information content (AvgIpc) is 1.94. The maximum atomic E-state index is 5.11. The predicted molar refractivity (Wildman–Crippen MR) is 55.2 cm³/mol. The molecule has 0 atom stereocenters. The van der Waals surface area contributed by atoms with Crippen molar-refractivity contribution in [3.63, 3.8) is 0 Å². The first kappa shape index (κ1) is 11.2. The van der Waals surface area contributed by atoms with Gasteiger partial charge in [0.05, 0.1) is 0 Å². The van der Waals surface area contributed by atoms with Crippen molar-refractivity contribution in [3.8, 4) is 0 Å². The molecular weight excluding hydrogens is 146 g/mol. The number of nitrogens with two attached hydrogens (primary N) is 1. The number of benzene rings is 1. The van der Waals surface area contributed by atoms with Crippen molar-refractivity contribution >= 4 is 0 Å². The molecule has 0 amide bonds. The topological polar surface area (TPSA) is 26.0 Å². The van der Waals surface area contributed by atoms with Gasteiger partial charge in [-0.3, -0.25) is 0 Å². The molecule has 0 radical (unpaired) electrons. The smallest absolute Gasteiger partial charge is 0.00179 e. The van der Waals surface area contributed by atoms with Crippen molar-refractivity contribution in [2.45, 2.75) is 33.7 Å². The molecule has 1 aromatic rings. The Kier molecular flexibility index (Phi) is 5.39. The van der Waals surface area contributed by atoms with Crippen LogP contribution in [-0.4, -0.2) is 6.04 Å². The molecule has 0 spiro atoms. The van der Waals surface area contributed by atoms with E-state index in [0.29, 0.717) is 6.04 Å². The molecule has 2 N–H and O–H groups in total. The van der Waals surface area contributed by atoms with E-state index in [0.717, 1.165) is 0 Å². The molecule has 68 valence electrons. The highest BCUT2D eigenvalue weighted by Gasteiger charge is 1.83. The molecule has 0 aromatic heterocycles. The van der Waals surface area contributed by atoms with E-state index >= 15 is 0 Å². The maximum Gasteiger partial charge on any atom is -0.00179 e. The number of aryl methyl sites for hydroxylation is 2. The van der Waals surface area contributed by atoms with Gasteiger partial charge in [-0.1, -0.05) is 38.1 Å². The van der Waals surface area contributed by atoms with E-state index in [4.69, 9.17) is 5.73 Å². The van der Waals surface area contributed by atoms with E-state index in [-0.39, 0.29) is 0 Å². The van der Waals surface area contributed by atoms with Crippen LogP contribution in [0.3, 0.4) is 0 Å². The van der Waals surface area contributed by atoms with Crippen LogP contribution in [0.1, 0.15) is 25.0 Å². The van der Waals surface area contributed by atoms with Gasteiger partial charge in [0.2, 0.25) is 0 Å². The summed E-state index contributed by atoms with van der Waals surface area (Å²) in [7, 11) is 0. The summed E-state index contributed by atoms with van der Waals surface area (Å²) in [5.74, 6) is 0. The van der Waals surface area contributed by atoms with E-state index < -0.39 is 0 Å². The molecule has 0 fully saturated rings. The highest BCUT2D eigenvalue weighted by molar-refractivity contribution is 5.23. The summed E-state index contributed by atoms with van der Waals surface area (Å²) in [6, 6.07) is 8.69. The average molecular weight is 165 g/mol. The zero-order valence-electron chi connectivity index (χ0n) is 8.46. The Balaban J connectivity index is 0.000000261. The van der Waals surface area contributed by atoms with Crippen LogP contribution in [0.2, 0.25) is 0 Å². The van der Waals surface area contributed by atoms with Gasteiger partial charge in [0.1, 0.15) is 0 Å². The molecule has 0 saturated heterocycles. The third-order valence-electron chi connectivity index (χ3n) is 1.43. The first-order valence-corrected chi connectivity index (χ1v) is 4.32. The van der Waals surface area contributed by atoms with E-state index in [1.807, 2.05) is 13.8 Å². The van der Waals surface area contributed by atoms with Crippen LogP contribution in [0.15, 0.2) is 24.3 Å². The highest BCUT2D eigenvalue weighted by atomic mass is 14.6. The van der Waals surface area contributed by atoms with Crippen molar-refractivity contribution in [2.75, 3.05) is 0 Å². The number of hydrogen-bond acceptors (Lipinski definition) is 1. The lowest BCUT2D eigenvalue weighted by Crippen LogP contribution is -2.06. The van der Waals surface area contributed by atoms with E-state index in [2.05, 4.69) is 38.1 Å². The molecule has 0 bridgehead atoms. The fraction of sp³-hybridized carbons (Fsp3) is 0.455. The molecule has 0 aliphatic carbocycles. The quantitative estimate of drug-likeness (QED) is 0.628. The van der Waals surface area contributed by atoms with Gasteiger partial charge in [0, 0.05) is 0 Å². The fourth-order valence-corrected chi connectivity index (χ4v) is 0.663. The summed E-state index contributed by atoms with van der Waals surface area (Å²) in [6.07, 6.45) is 0. The molecule has 1 rings (SSSR count). The Morgan fingerprint density at radius 1 is 1.00 bits per heavy atom. The van der Waals surface area contributed by atoms with Crippen LogP contribution in [-0.2, 0) is 0 Å². The van der Waals surface area contributed by atoms with Crippen LogP contribution >= 0.6 is 0 Å². The Morgan fingerprint density at radius 2 is 1.25 bits per heavy atom. The first-order valence-electron chi connectivity index (χ1n) is 4.32. The summed E-state index contributed by atoms with van der Waals surface area (Å²) in [5.41, 5.74) is 7.85. The molecule has 0 aliphatic rings. The summed E-state index contributed by atoms with van der Waals surface area (Å²) < 4.78 is 0. The summed E-state index contributed by atoms with van der Waals surface area (Å²) in [6.45, 7) is 8.13. The van der Waals surface area contributed by atoms with E-state index in [1.165, 1.54) is 11.1 Å². The predicted octanol–water partition coefficient (Wildman–Crippen LogP) is 2.66. The lowest BCUT2D eigenvalue weighted by atomic mass is 10.1. The third-order valence-corrected chi connectivity index (χ3v) is 1.43. The molecule has 0 unspecified atom stereocenters.